The maximum absolute atomic E-state index is 10.6. The van der Waals surface area contributed by atoms with E-state index in [9.17, 15) is 5.11 Å². The zero-order chi connectivity index (χ0) is 12.5. The van der Waals surface area contributed by atoms with Crippen LogP contribution < -0.4 is 0 Å². The van der Waals surface area contributed by atoms with Gasteiger partial charge in [-0.25, -0.2) is 0 Å². The van der Waals surface area contributed by atoms with Crippen molar-refractivity contribution in [3.05, 3.63) is 34.9 Å². The molecule has 1 fully saturated rings. The standard InChI is InChI=1S/C16H24O/c1-12-7-8-14(11-13(12)2)15(17)16(3)9-5-4-6-10-16/h7-8,11,15,17H,4-6,9-10H2,1-3H3. The van der Waals surface area contributed by atoms with Crippen LogP contribution in [-0.4, -0.2) is 5.11 Å². The second-order valence-corrected chi connectivity index (χ2v) is 5.96. The average molecular weight is 232 g/mol. The second-order valence-electron chi connectivity index (χ2n) is 5.96. The van der Waals surface area contributed by atoms with Crippen LogP contribution in [0.25, 0.3) is 0 Å². The van der Waals surface area contributed by atoms with Gasteiger partial charge in [0, 0.05) is 0 Å². The van der Waals surface area contributed by atoms with Gasteiger partial charge in [0.25, 0.3) is 0 Å². The van der Waals surface area contributed by atoms with Crippen molar-refractivity contribution in [2.45, 2.75) is 59.0 Å². The summed E-state index contributed by atoms with van der Waals surface area (Å²) in [5.41, 5.74) is 3.76. The van der Waals surface area contributed by atoms with Crippen molar-refractivity contribution < 1.29 is 5.11 Å². The minimum atomic E-state index is -0.304. The van der Waals surface area contributed by atoms with Crippen LogP contribution in [0.15, 0.2) is 18.2 Å². The van der Waals surface area contributed by atoms with E-state index in [4.69, 9.17) is 0 Å². The lowest BCUT2D eigenvalue weighted by Gasteiger charge is -2.38. The third-order valence-electron chi connectivity index (χ3n) is 4.50. The van der Waals surface area contributed by atoms with Crippen molar-refractivity contribution in [1.82, 2.24) is 0 Å². The lowest BCUT2D eigenvalue weighted by atomic mass is 9.70. The summed E-state index contributed by atoms with van der Waals surface area (Å²) >= 11 is 0. The first-order valence-corrected chi connectivity index (χ1v) is 6.78. The molecule has 1 saturated carbocycles. The van der Waals surface area contributed by atoms with E-state index in [0.717, 1.165) is 18.4 Å². The van der Waals surface area contributed by atoms with Crippen molar-refractivity contribution >= 4 is 0 Å². The van der Waals surface area contributed by atoms with Gasteiger partial charge in [-0.3, -0.25) is 0 Å². The van der Waals surface area contributed by atoms with Crippen LogP contribution in [0.2, 0.25) is 0 Å². The predicted octanol–water partition coefficient (Wildman–Crippen LogP) is 4.31. The average Bonchev–Trinajstić information content (AvgIpc) is 2.33. The monoisotopic (exact) mass is 232 g/mol. The molecule has 0 aliphatic heterocycles. The molecule has 0 spiro atoms. The normalized spacial score (nSPS) is 21.2. The molecule has 94 valence electrons. The lowest BCUT2D eigenvalue weighted by molar-refractivity contribution is 0.00815. The molecule has 2 rings (SSSR count). The van der Waals surface area contributed by atoms with Crippen molar-refractivity contribution in [3.63, 3.8) is 0 Å². The van der Waals surface area contributed by atoms with Crippen LogP contribution >= 0.6 is 0 Å². The molecule has 0 radical (unpaired) electrons. The van der Waals surface area contributed by atoms with Crippen LogP contribution in [0.3, 0.4) is 0 Å². The first-order chi connectivity index (χ1) is 8.03. The summed E-state index contributed by atoms with van der Waals surface area (Å²) in [7, 11) is 0. The van der Waals surface area contributed by atoms with Gasteiger partial charge in [0.1, 0.15) is 0 Å². The van der Waals surface area contributed by atoms with Crippen LogP contribution in [0.1, 0.15) is 61.8 Å². The van der Waals surface area contributed by atoms with E-state index < -0.39 is 0 Å². The van der Waals surface area contributed by atoms with E-state index in [0.29, 0.717) is 0 Å². The van der Waals surface area contributed by atoms with Crippen molar-refractivity contribution in [3.8, 4) is 0 Å². The van der Waals surface area contributed by atoms with Gasteiger partial charge in [0.2, 0.25) is 0 Å². The van der Waals surface area contributed by atoms with Gasteiger partial charge in [-0.05, 0) is 48.8 Å². The Morgan fingerprint density at radius 2 is 1.71 bits per heavy atom. The molecule has 1 aliphatic rings. The summed E-state index contributed by atoms with van der Waals surface area (Å²) in [5, 5.41) is 10.6. The van der Waals surface area contributed by atoms with Gasteiger partial charge >= 0.3 is 0 Å². The minimum Gasteiger partial charge on any atom is -0.388 e. The molecule has 1 N–H and O–H groups in total. The molecule has 1 nitrogen and oxygen atoms in total. The fraction of sp³-hybridized carbons (Fsp3) is 0.625. The molecule has 1 heteroatoms. The van der Waals surface area contributed by atoms with Crippen LogP contribution in [-0.2, 0) is 0 Å². The summed E-state index contributed by atoms with van der Waals surface area (Å²) in [5.74, 6) is 0. The number of aryl methyl sites for hydroxylation is 2. The number of hydrogen-bond acceptors (Lipinski definition) is 1. The molecule has 17 heavy (non-hydrogen) atoms. The van der Waals surface area contributed by atoms with E-state index in [1.165, 1.54) is 30.4 Å². The largest absolute Gasteiger partial charge is 0.388 e. The summed E-state index contributed by atoms with van der Waals surface area (Å²) in [6.07, 6.45) is 5.86. The molecule has 0 amide bonds. The van der Waals surface area contributed by atoms with E-state index in [2.05, 4.69) is 39.0 Å². The summed E-state index contributed by atoms with van der Waals surface area (Å²) in [6.45, 7) is 6.48. The SMILES string of the molecule is Cc1ccc(C(O)C2(C)CCCCC2)cc1C. The predicted molar refractivity (Wildman–Crippen MR) is 72.1 cm³/mol. The van der Waals surface area contributed by atoms with Crippen molar-refractivity contribution in [2.24, 2.45) is 5.41 Å². The van der Waals surface area contributed by atoms with Crippen molar-refractivity contribution in [2.75, 3.05) is 0 Å². The molecule has 1 unspecified atom stereocenters. The maximum atomic E-state index is 10.6. The van der Waals surface area contributed by atoms with Gasteiger partial charge in [-0.2, -0.15) is 0 Å². The van der Waals surface area contributed by atoms with Gasteiger partial charge in [0.15, 0.2) is 0 Å². The highest BCUT2D eigenvalue weighted by atomic mass is 16.3. The van der Waals surface area contributed by atoms with Gasteiger partial charge in [0.05, 0.1) is 6.10 Å². The number of hydrogen-bond donors (Lipinski definition) is 1. The molecule has 1 aliphatic carbocycles. The lowest BCUT2D eigenvalue weighted by Crippen LogP contribution is -2.28. The highest BCUT2D eigenvalue weighted by Crippen LogP contribution is 2.45. The van der Waals surface area contributed by atoms with Crippen LogP contribution in [0.5, 0.6) is 0 Å². The highest BCUT2D eigenvalue weighted by molar-refractivity contribution is 5.31. The van der Waals surface area contributed by atoms with Gasteiger partial charge in [-0.15, -0.1) is 0 Å². The Morgan fingerprint density at radius 1 is 1.06 bits per heavy atom. The number of rotatable bonds is 2. The van der Waals surface area contributed by atoms with Gasteiger partial charge in [-0.1, -0.05) is 44.4 Å². The summed E-state index contributed by atoms with van der Waals surface area (Å²) in [4.78, 5) is 0. The number of benzene rings is 1. The highest BCUT2D eigenvalue weighted by Gasteiger charge is 2.35. The third-order valence-corrected chi connectivity index (χ3v) is 4.50. The minimum absolute atomic E-state index is 0.0833. The first kappa shape index (κ1) is 12.6. The Hall–Kier alpha value is -0.820. The summed E-state index contributed by atoms with van der Waals surface area (Å²) < 4.78 is 0. The fourth-order valence-electron chi connectivity index (χ4n) is 2.97. The quantitative estimate of drug-likeness (QED) is 0.805. The Labute approximate surface area is 105 Å². The van der Waals surface area contributed by atoms with E-state index in [1.54, 1.807) is 0 Å². The first-order valence-electron chi connectivity index (χ1n) is 6.78. The number of aliphatic hydroxyl groups excluding tert-OH is 1. The van der Waals surface area contributed by atoms with E-state index in [-0.39, 0.29) is 11.5 Å². The maximum Gasteiger partial charge on any atom is 0.0843 e. The molecule has 0 heterocycles. The van der Waals surface area contributed by atoms with E-state index in [1.807, 2.05) is 0 Å². The molecule has 1 aromatic rings. The topological polar surface area (TPSA) is 20.2 Å². The Kier molecular flexibility index (Phi) is 3.58. The van der Waals surface area contributed by atoms with Crippen LogP contribution in [0, 0.1) is 19.3 Å². The second kappa shape index (κ2) is 4.81. The Morgan fingerprint density at radius 3 is 2.29 bits per heavy atom. The van der Waals surface area contributed by atoms with Crippen molar-refractivity contribution in [1.29, 1.82) is 0 Å². The molecule has 0 bridgehead atoms. The molecular formula is C16H24O. The molecule has 1 atom stereocenters. The Bertz CT molecular complexity index is 389. The molecule has 0 aromatic heterocycles. The van der Waals surface area contributed by atoms with Crippen LogP contribution in [0.4, 0.5) is 0 Å². The molecular weight excluding hydrogens is 208 g/mol. The zero-order valence-electron chi connectivity index (χ0n) is 11.3. The molecule has 1 aromatic carbocycles. The smallest absolute Gasteiger partial charge is 0.0843 e. The van der Waals surface area contributed by atoms with Gasteiger partial charge < -0.3 is 5.11 Å². The third kappa shape index (κ3) is 2.55. The summed E-state index contributed by atoms with van der Waals surface area (Å²) in [6, 6.07) is 6.37. The number of aliphatic hydroxyl groups is 1. The zero-order valence-corrected chi connectivity index (χ0v) is 11.3. The Balaban J connectivity index is 2.23. The van der Waals surface area contributed by atoms with E-state index >= 15 is 0 Å². The fourth-order valence-corrected chi connectivity index (χ4v) is 2.97. The molecule has 0 saturated heterocycles.